The molecule has 0 spiro atoms. The molecule has 1 atom stereocenters. The maximum atomic E-state index is 10.2. The third-order valence-electron chi connectivity index (χ3n) is 2.52. The van der Waals surface area contributed by atoms with E-state index in [-0.39, 0.29) is 0 Å². The zero-order valence-corrected chi connectivity index (χ0v) is 12.8. The van der Waals surface area contributed by atoms with Gasteiger partial charge in [0, 0.05) is 10.1 Å². The molecule has 0 radical (unpaired) electrons. The van der Waals surface area contributed by atoms with Crippen LogP contribution in [0, 0.1) is 9.49 Å². The Kier molecular flexibility index (Phi) is 5.06. The van der Waals surface area contributed by atoms with Gasteiger partial charge in [0.25, 0.3) is 0 Å². The number of nitrogens with one attached hydrogen (secondary N) is 1. The summed E-state index contributed by atoms with van der Waals surface area (Å²) in [6.07, 6.45) is 0.768. The van der Waals surface area contributed by atoms with E-state index < -0.39 is 5.60 Å². The Bertz CT molecular complexity index is 378. The summed E-state index contributed by atoms with van der Waals surface area (Å²) in [5.41, 5.74) is 6.80. The van der Waals surface area contributed by atoms with Gasteiger partial charge in [-0.05, 0) is 60.1 Å². The van der Waals surface area contributed by atoms with Crippen LogP contribution in [0.2, 0.25) is 0 Å². The van der Waals surface area contributed by atoms with Gasteiger partial charge in [0.1, 0.15) is 0 Å². The zero-order chi connectivity index (χ0) is 13.1. The van der Waals surface area contributed by atoms with Gasteiger partial charge in [-0.1, -0.05) is 13.8 Å². The fourth-order valence-corrected chi connectivity index (χ4v) is 2.45. The second kappa shape index (κ2) is 5.91. The number of rotatable bonds is 5. The molecule has 0 aliphatic heterocycles. The Labute approximate surface area is 117 Å². The maximum Gasteiger partial charge on any atom is 0.0793 e. The minimum absolute atomic E-state index is 0.473. The maximum absolute atomic E-state index is 10.2. The van der Waals surface area contributed by atoms with Gasteiger partial charge in [-0.3, -0.25) is 0 Å². The Morgan fingerprint density at radius 3 is 2.65 bits per heavy atom. The highest BCUT2D eigenvalue weighted by Gasteiger charge is 2.21. The van der Waals surface area contributed by atoms with Gasteiger partial charge in [0.15, 0.2) is 0 Å². The second-order valence-electron chi connectivity index (χ2n) is 5.18. The SMILES string of the molecule is CC(C)CC(C)(O)CNc1ccc(I)cc1N. The van der Waals surface area contributed by atoms with E-state index in [0.717, 1.165) is 21.4 Å². The van der Waals surface area contributed by atoms with Crippen LogP contribution in [-0.2, 0) is 0 Å². The molecule has 0 saturated carbocycles. The molecule has 0 amide bonds. The number of benzene rings is 1. The fourth-order valence-electron chi connectivity index (χ4n) is 1.93. The predicted octanol–water partition coefficient (Wildman–Crippen LogP) is 3.08. The summed E-state index contributed by atoms with van der Waals surface area (Å²) >= 11 is 2.23. The van der Waals surface area contributed by atoms with Crippen molar-refractivity contribution in [3.05, 3.63) is 21.8 Å². The van der Waals surface area contributed by atoms with Crippen LogP contribution in [0.5, 0.6) is 0 Å². The van der Waals surface area contributed by atoms with Gasteiger partial charge < -0.3 is 16.2 Å². The lowest BCUT2D eigenvalue weighted by Crippen LogP contribution is -2.35. The van der Waals surface area contributed by atoms with Crippen molar-refractivity contribution >= 4 is 34.0 Å². The van der Waals surface area contributed by atoms with Crippen LogP contribution < -0.4 is 11.1 Å². The lowest BCUT2D eigenvalue weighted by Gasteiger charge is -2.26. The smallest absolute Gasteiger partial charge is 0.0793 e. The highest BCUT2D eigenvalue weighted by molar-refractivity contribution is 14.1. The Balaban J connectivity index is 2.61. The largest absolute Gasteiger partial charge is 0.397 e. The molecule has 0 aromatic heterocycles. The van der Waals surface area contributed by atoms with Crippen LogP contribution in [0.25, 0.3) is 0 Å². The van der Waals surface area contributed by atoms with Crippen LogP contribution in [0.3, 0.4) is 0 Å². The quantitative estimate of drug-likeness (QED) is 0.566. The Hall–Kier alpha value is -0.490. The van der Waals surface area contributed by atoms with E-state index >= 15 is 0 Å². The van der Waals surface area contributed by atoms with Gasteiger partial charge in [-0.15, -0.1) is 0 Å². The van der Waals surface area contributed by atoms with E-state index in [1.807, 2.05) is 25.1 Å². The number of hydrogen-bond donors (Lipinski definition) is 3. The Morgan fingerprint density at radius 1 is 1.47 bits per heavy atom. The third kappa shape index (κ3) is 5.12. The molecule has 0 heterocycles. The van der Waals surface area contributed by atoms with Gasteiger partial charge >= 0.3 is 0 Å². The van der Waals surface area contributed by atoms with Gasteiger partial charge in [0.2, 0.25) is 0 Å². The first-order valence-corrected chi connectivity index (χ1v) is 6.89. The first kappa shape index (κ1) is 14.6. The van der Waals surface area contributed by atoms with Crippen LogP contribution in [0.4, 0.5) is 11.4 Å². The molecule has 4 heteroatoms. The second-order valence-corrected chi connectivity index (χ2v) is 6.43. The molecule has 1 rings (SSSR count). The molecule has 4 N–H and O–H groups in total. The van der Waals surface area contributed by atoms with Crippen molar-refractivity contribution in [2.45, 2.75) is 32.8 Å². The minimum Gasteiger partial charge on any atom is -0.397 e. The van der Waals surface area contributed by atoms with Gasteiger partial charge in [-0.2, -0.15) is 0 Å². The van der Waals surface area contributed by atoms with Crippen LogP contribution in [0.1, 0.15) is 27.2 Å². The zero-order valence-electron chi connectivity index (χ0n) is 10.6. The minimum atomic E-state index is -0.705. The normalized spacial score (nSPS) is 14.7. The molecule has 96 valence electrons. The number of halogens is 1. The topological polar surface area (TPSA) is 58.3 Å². The first-order chi connectivity index (χ1) is 7.80. The summed E-state index contributed by atoms with van der Waals surface area (Å²) in [6, 6.07) is 5.86. The third-order valence-corrected chi connectivity index (χ3v) is 3.19. The van der Waals surface area contributed by atoms with Crippen LogP contribution in [-0.4, -0.2) is 17.3 Å². The van der Waals surface area contributed by atoms with E-state index in [1.165, 1.54) is 0 Å². The van der Waals surface area contributed by atoms with Crippen LogP contribution >= 0.6 is 22.6 Å². The number of aliphatic hydroxyl groups is 1. The van der Waals surface area contributed by atoms with E-state index in [4.69, 9.17) is 5.73 Å². The van der Waals surface area contributed by atoms with Gasteiger partial charge in [0.05, 0.1) is 17.0 Å². The highest BCUT2D eigenvalue weighted by atomic mass is 127. The molecular formula is C13H21IN2O. The van der Waals surface area contributed by atoms with Gasteiger partial charge in [-0.25, -0.2) is 0 Å². The number of nitrogen functional groups attached to an aromatic ring is 1. The molecule has 3 nitrogen and oxygen atoms in total. The lowest BCUT2D eigenvalue weighted by atomic mass is 9.94. The summed E-state index contributed by atoms with van der Waals surface area (Å²) in [7, 11) is 0. The van der Waals surface area contributed by atoms with Crippen molar-refractivity contribution in [2.75, 3.05) is 17.6 Å². The first-order valence-electron chi connectivity index (χ1n) is 5.81. The van der Waals surface area contributed by atoms with E-state index in [9.17, 15) is 5.11 Å². The van der Waals surface area contributed by atoms with Crippen molar-refractivity contribution in [3.63, 3.8) is 0 Å². The van der Waals surface area contributed by atoms with E-state index in [1.54, 1.807) is 0 Å². The molecule has 0 fully saturated rings. The molecule has 0 aliphatic carbocycles. The summed E-state index contributed by atoms with van der Waals surface area (Å²) in [5, 5.41) is 13.4. The molecule has 0 saturated heterocycles. The molecular weight excluding hydrogens is 327 g/mol. The van der Waals surface area contributed by atoms with Crippen molar-refractivity contribution < 1.29 is 5.11 Å². The number of nitrogens with two attached hydrogens (primary N) is 1. The van der Waals surface area contributed by atoms with E-state index in [2.05, 4.69) is 41.8 Å². The van der Waals surface area contributed by atoms with Crippen molar-refractivity contribution in [1.29, 1.82) is 0 Å². The molecule has 1 aromatic rings. The number of anilines is 2. The summed E-state index contributed by atoms with van der Waals surface area (Å²) in [5.74, 6) is 0.473. The summed E-state index contributed by atoms with van der Waals surface area (Å²) in [6.45, 7) is 6.57. The van der Waals surface area contributed by atoms with Crippen molar-refractivity contribution in [2.24, 2.45) is 5.92 Å². The summed E-state index contributed by atoms with van der Waals surface area (Å²) < 4.78 is 1.11. The Morgan fingerprint density at radius 2 is 2.12 bits per heavy atom. The average Bonchev–Trinajstić information content (AvgIpc) is 2.14. The molecule has 1 unspecified atom stereocenters. The monoisotopic (exact) mass is 348 g/mol. The molecule has 17 heavy (non-hydrogen) atoms. The summed E-state index contributed by atoms with van der Waals surface area (Å²) in [4.78, 5) is 0. The average molecular weight is 348 g/mol. The van der Waals surface area contributed by atoms with Crippen molar-refractivity contribution in [3.8, 4) is 0 Å². The molecule has 0 bridgehead atoms. The number of hydrogen-bond acceptors (Lipinski definition) is 3. The van der Waals surface area contributed by atoms with Crippen LogP contribution in [0.15, 0.2) is 18.2 Å². The fraction of sp³-hybridized carbons (Fsp3) is 0.538. The standard InChI is InChI=1S/C13H21IN2O/c1-9(2)7-13(3,17)8-16-12-5-4-10(14)6-11(12)15/h4-6,9,16-17H,7-8,15H2,1-3H3. The molecule has 0 aliphatic rings. The predicted molar refractivity (Wildman–Crippen MR) is 82.1 cm³/mol. The van der Waals surface area contributed by atoms with E-state index in [0.29, 0.717) is 12.5 Å². The van der Waals surface area contributed by atoms with Crippen molar-refractivity contribution in [1.82, 2.24) is 0 Å². The highest BCUT2D eigenvalue weighted by Crippen LogP contribution is 2.23. The molecule has 1 aromatic carbocycles. The lowest BCUT2D eigenvalue weighted by molar-refractivity contribution is 0.0516.